The largest absolute Gasteiger partial charge is 0.336 e. The van der Waals surface area contributed by atoms with E-state index >= 15 is 0 Å². The highest BCUT2D eigenvalue weighted by Crippen LogP contribution is 2.38. The van der Waals surface area contributed by atoms with Crippen molar-refractivity contribution in [1.29, 1.82) is 0 Å². The maximum atomic E-state index is 14.3. The van der Waals surface area contributed by atoms with Crippen molar-refractivity contribution in [3.05, 3.63) is 107 Å². The van der Waals surface area contributed by atoms with Gasteiger partial charge in [-0.2, -0.15) is 0 Å². The maximum absolute atomic E-state index is 14.3. The minimum atomic E-state index is -0.429. The Morgan fingerprint density at radius 2 is 1.59 bits per heavy atom. The second-order valence-corrected chi connectivity index (χ2v) is 8.26. The van der Waals surface area contributed by atoms with Crippen molar-refractivity contribution in [1.82, 2.24) is 4.90 Å². The first kappa shape index (κ1) is 20.2. The number of hydrogen-bond donors (Lipinski definition) is 0. The lowest BCUT2D eigenvalue weighted by Crippen LogP contribution is -2.37. The number of carbonyl (C=O) groups excluding carboxylic acids is 2. The molecule has 2 heterocycles. The number of benzene rings is 3. The van der Waals surface area contributed by atoms with Gasteiger partial charge in [0.2, 0.25) is 0 Å². The van der Waals surface area contributed by atoms with Gasteiger partial charge in [0.05, 0.1) is 12.1 Å². The Balaban J connectivity index is 1.63. The first-order chi connectivity index (χ1) is 15.5. The number of imide groups is 1. The van der Waals surface area contributed by atoms with Crippen LogP contribution in [0, 0.1) is 12.7 Å². The summed E-state index contributed by atoms with van der Waals surface area (Å²) in [5.41, 5.74) is 4.94. The number of nitrogens with zero attached hydrogens (tertiary/aromatic N) is 2. The van der Waals surface area contributed by atoms with E-state index in [9.17, 15) is 14.0 Å². The van der Waals surface area contributed by atoms with E-state index in [1.807, 2.05) is 54.3 Å². The monoisotopic (exact) mass is 426 g/mol. The molecule has 5 heteroatoms. The van der Waals surface area contributed by atoms with Gasteiger partial charge < -0.3 is 4.90 Å². The second kappa shape index (κ2) is 8.08. The van der Waals surface area contributed by atoms with Crippen molar-refractivity contribution in [2.24, 2.45) is 0 Å². The van der Waals surface area contributed by atoms with Crippen molar-refractivity contribution < 1.29 is 14.0 Å². The van der Waals surface area contributed by atoms with Crippen LogP contribution in [0.15, 0.2) is 78.5 Å². The van der Waals surface area contributed by atoms with Crippen LogP contribution in [0.3, 0.4) is 0 Å². The molecule has 0 radical (unpaired) electrons. The van der Waals surface area contributed by atoms with Gasteiger partial charge in [0, 0.05) is 17.8 Å². The van der Waals surface area contributed by atoms with Crippen LogP contribution in [0.25, 0.3) is 5.57 Å². The zero-order valence-corrected chi connectivity index (χ0v) is 17.8. The molecule has 0 aromatic heterocycles. The quantitative estimate of drug-likeness (QED) is 0.559. The van der Waals surface area contributed by atoms with Crippen molar-refractivity contribution in [3.8, 4) is 0 Å². The summed E-state index contributed by atoms with van der Waals surface area (Å²) in [6.45, 7) is 2.53. The van der Waals surface area contributed by atoms with E-state index in [2.05, 4.69) is 6.07 Å². The third-order valence-corrected chi connectivity index (χ3v) is 6.15. The van der Waals surface area contributed by atoms with Crippen LogP contribution in [-0.2, 0) is 22.6 Å². The highest BCUT2D eigenvalue weighted by molar-refractivity contribution is 6.36. The molecule has 32 heavy (non-hydrogen) atoms. The highest BCUT2D eigenvalue weighted by atomic mass is 19.1. The summed E-state index contributed by atoms with van der Waals surface area (Å²) < 4.78 is 14.3. The Morgan fingerprint density at radius 3 is 2.38 bits per heavy atom. The van der Waals surface area contributed by atoms with Crippen LogP contribution in [-0.4, -0.2) is 23.3 Å². The summed E-state index contributed by atoms with van der Waals surface area (Å²) in [5.74, 6) is -1.20. The second-order valence-electron chi connectivity index (χ2n) is 8.26. The predicted octanol–water partition coefficient (Wildman–Crippen LogP) is 4.87. The molecule has 0 bridgehead atoms. The Labute approximate surface area is 186 Å². The van der Waals surface area contributed by atoms with Gasteiger partial charge in [0.15, 0.2) is 0 Å². The summed E-state index contributed by atoms with van der Waals surface area (Å²) in [5, 5.41) is 0. The maximum Gasteiger partial charge on any atom is 0.278 e. The van der Waals surface area contributed by atoms with Crippen LogP contribution in [0.5, 0.6) is 0 Å². The van der Waals surface area contributed by atoms with E-state index in [1.165, 1.54) is 11.0 Å². The van der Waals surface area contributed by atoms with E-state index in [0.29, 0.717) is 28.9 Å². The third kappa shape index (κ3) is 3.40. The number of para-hydroxylation sites is 1. The van der Waals surface area contributed by atoms with E-state index in [1.54, 1.807) is 18.2 Å². The molecule has 3 aromatic rings. The lowest BCUT2D eigenvalue weighted by Gasteiger charge is -2.32. The normalized spacial score (nSPS) is 16.1. The Kier molecular flexibility index (Phi) is 5.10. The first-order valence-electron chi connectivity index (χ1n) is 10.8. The molecule has 3 aromatic carbocycles. The molecule has 0 aliphatic carbocycles. The summed E-state index contributed by atoms with van der Waals surface area (Å²) >= 11 is 0. The molecule has 0 unspecified atom stereocenters. The molecule has 0 spiro atoms. The van der Waals surface area contributed by atoms with Crippen molar-refractivity contribution >= 4 is 23.1 Å². The molecule has 5 rings (SSSR count). The number of carbonyl (C=O) groups is 2. The van der Waals surface area contributed by atoms with Crippen LogP contribution < -0.4 is 4.90 Å². The number of aryl methyl sites for hydroxylation is 2. The topological polar surface area (TPSA) is 40.6 Å². The molecular weight excluding hydrogens is 403 g/mol. The predicted molar refractivity (Wildman–Crippen MR) is 122 cm³/mol. The Morgan fingerprint density at radius 1 is 0.875 bits per heavy atom. The first-order valence-corrected chi connectivity index (χ1v) is 10.8. The molecule has 2 aliphatic heterocycles. The average molecular weight is 426 g/mol. The molecule has 2 amide bonds. The summed E-state index contributed by atoms with van der Waals surface area (Å²) in [7, 11) is 0. The smallest absolute Gasteiger partial charge is 0.278 e. The van der Waals surface area contributed by atoms with Gasteiger partial charge in [-0.15, -0.1) is 0 Å². The van der Waals surface area contributed by atoms with Gasteiger partial charge in [-0.25, -0.2) is 4.39 Å². The van der Waals surface area contributed by atoms with Crippen molar-refractivity contribution in [2.45, 2.75) is 26.3 Å². The third-order valence-electron chi connectivity index (χ3n) is 6.15. The standard InChI is InChI=1S/C27H23FN2O2/c1-18-12-14-20(15-13-18)24-25(29-16-6-9-19-7-3-5-11-23(19)29)27(32)30(26(24)31)17-21-8-2-4-10-22(21)28/h2-5,7-8,10-15H,6,9,16-17H2,1H3. The molecule has 0 N–H and O–H groups in total. The summed E-state index contributed by atoms with van der Waals surface area (Å²) in [6.07, 6.45) is 1.82. The fourth-order valence-electron chi connectivity index (χ4n) is 4.50. The fraction of sp³-hybridized carbons (Fsp3) is 0.185. The SMILES string of the molecule is Cc1ccc(C2=C(N3CCCc4ccccc43)C(=O)N(Cc3ccccc3F)C2=O)cc1. The average Bonchev–Trinajstić information content (AvgIpc) is 3.05. The molecule has 2 aliphatic rings. The van der Waals surface area contributed by atoms with Gasteiger partial charge in [-0.3, -0.25) is 14.5 Å². The zero-order valence-electron chi connectivity index (χ0n) is 17.8. The van der Waals surface area contributed by atoms with Gasteiger partial charge >= 0.3 is 0 Å². The van der Waals surface area contributed by atoms with Crippen molar-refractivity contribution in [3.63, 3.8) is 0 Å². The van der Waals surface area contributed by atoms with E-state index in [-0.39, 0.29) is 18.4 Å². The van der Waals surface area contributed by atoms with Gasteiger partial charge in [-0.1, -0.05) is 66.2 Å². The molecule has 0 saturated carbocycles. The van der Waals surface area contributed by atoms with Gasteiger partial charge in [0.25, 0.3) is 11.8 Å². The lowest BCUT2D eigenvalue weighted by molar-refractivity contribution is -0.137. The molecular formula is C27H23FN2O2. The van der Waals surface area contributed by atoms with Crippen LogP contribution >= 0.6 is 0 Å². The van der Waals surface area contributed by atoms with Crippen LogP contribution in [0.4, 0.5) is 10.1 Å². The Hall–Kier alpha value is -3.73. The number of anilines is 1. The fourth-order valence-corrected chi connectivity index (χ4v) is 4.50. The highest BCUT2D eigenvalue weighted by Gasteiger charge is 2.42. The summed E-state index contributed by atoms with van der Waals surface area (Å²) in [6, 6.07) is 21.9. The molecule has 0 atom stereocenters. The molecule has 0 fully saturated rings. The Bertz CT molecular complexity index is 1250. The lowest BCUT2D eigenvalue weighted by atomic mass is 9.98. The van der Waals surface area contributed by atoms with E-state index in [4.69, 9.17) is 0 Å². The van der Waals surface area contributed by atoms with E-state index < -0.39 is 5.82 Å². The minimum absolute atomic E-state index is 0.0985. The molecule has 160 valence electrons. The van der Waals surface area contributed by atoms with Gasteiger partial charge in [0.1, 0.15) is 11.5 Å². The van der Waals surface area contributed by atoms with E-state index in [0.717, 1.165) is 29.7 Å². The number of hydrogen-bond acceptors (Lipinski definition) is 3. The zero-order chi connectivity index (χ0) is 22.2. The summed E-state index contributed by atoms with van der Waals surface area (Å²) in [4.78, 5) is 30.4. The van der Waals surface area contributed by atoms with Crippen LogP contribution in [0.2, 0.25) is 0 Å². The number of fused-ring (bicyclic) bond motifs is 1. The van der Waals surface area contributed by atoms with Crippen LogP contribution in [0.1, 0.15) is 28.7 Å². The number of amides is 2. The van der Waals surface area contributed by atoms with Gasteiger partial charge in [-0.05, 0) is 43.0 Å². The molecule has 0 saturated heterocycles. The minimum Gasteiger partial charge on any atom is -0.336 e. The number of halogens is 1. The number of rotatable bonds is 4. The molecule has 4 nitrogen and oxygen atoms in total. The van der Waals surface area contributed by atoms with Crippen molar-refractivity contribution in [2.75, 3.05) is 11.4 Å².